The molecule has 0 bridgehead atoms. The Balaban J connectivity index is 1.23. The summed E-state index contributed by atoms with van der Waals surface area (Å²) in [6, 6.07) is 10.3. The Kier molecular flexibility index (Phi) is 16.9. The van der Waals surface area contributed by atoms with Gasteiger partial charge < -0.3 is 42.8 Å². The monoisotopic (exact) mass is 905 g/mol. The van der Waals surface area contributed by atoms with E-state index in [1.165, 1.54) is 0 Å². The van der Waals surface area contributed by atoms with Crippen LogP contribution in [0.4, 0.5) is 0 Å². The molecule has 2 saturated heterocycles. The highest BCUT2D eigenvalue weighted by atomic mass is 16.7. The third-order valence-corrected chi connectivity index (χ3v) is 15.3. The van der Waals surface area contributed by atoms with Crippen LogP contribution in [0.15, 0.2) is 54.3 Å². The number of nitrogens with zero attached hydrogens (tertiary/aromatic N) is 4. The number of allylic oxidation sites excluding steroid dienone is 4. The second-order valence-corrected chi connectivity index (χ2v) is 19.7. The summed E-state index contributed by atoms with van der Waals surface area (Å²) in [6.07, 6.45) is 9.23. The molecule has 0 radical (unpaired) electrons. The maximum atomic E-state index is 15.2. The van der Waals surface area contributed by atoms with Crippen molar-refractivity contribution in [1.29, 1.82) is 0 Å². The van der Waals surface area contributed by atoms with E-state index >= 15 is 4.79 Å². The van der Waals surface area contributed by atoms with E-state index in [0.717, 1.165) is 36.2 Å². The molecule has 65 heavy (non-hydrogen) atoms. The number of likely N-dealkylation sites (N-methyl/N-ethyl adjacent to an activating group) is 1. The van der Waals surface area contributed by atoms with Gasteiger partial charge in [0.05, 0.1) is 37.0 Å². The van der Waals surface area contributed by atoms with E-state index in [4.69, 9.17) is 43.1 Å². The molecule has 1 saturated carbocycles. The van der Waals surface area contributed by atoms with Crippen molar-refractivity contribution in [2.45, 2.75) is 154 Å². The van der Waals surface area contributed by atoms with Crippen molar-refractivity contribution in [2.24, 2.45) is 41.4 Å². The van der Waals surface area contributed by atoms with Crippen molar-refractivity contribution < 1.29 is 47.5 Å². The van der Waals surface area contributed by atoms with Crippen LogP contribution in [0, 0.1) is 41.4 Å². The number of ether oxygens (including phenoxy) is 8. The zero-order chi connectivity index (χ0) is 46.5. The number of carbonyl (C=O) groups is 2. The Morgan fingerprint density at radius 3 is 2.25 bits per heavy atom. The summed E-state index contributed by atoms with van der Waals surface area (Å²) in [5, 5.41) is 9.36. The summed E-state index contributed by atoms with van der Waals surface area (Å²) < 4.78 is 52.4. The summed E-state index contributed by atoms with van der Waals surface area (Å²) in [7, 11) is 10.8. The summed E-state index contributed by atoms with van der Waals surface area (Å²) >= 11 is 0. The largest absolute Gasteiger partial charge is 0.462 e. The van der Waals surface area contributed by atoms with Crippen molar-refractivity contribution >= 4 is 17.4 Å². The molecule has 3 heterocycles. The Morgan fingerprint density at radius 1 is 0.862 bits per heavy atom. The van der Waals surface area contributed by atoms with E-state index in [1.807, 2.05) is 48.1 Å². The first kappa shape index (κ1) is 49.6. The van der Waals surface area contributed by atoms with E-state index < -0.39 is 36.6 Å². The molecule has 1 aromatic heterocycles. The quantitative estimate of drug-likeness (QED) is 0.121. The molecule has 2 aliphatic heterocycles. The molecule has 0 amide bonds. The third kappa shape index (κ3) is 10.9. The molecule has 5 unspecified atom stereocenters. The molecular formula is C51H76N4O10. The van der Waals surface area contributed by atoms with Gasteiger partial charge in [-0.1, -0.05) is 75.4 Å². The van der Waals surface area contributed by atoms with Crippen molar-refractivity contribution in [3.05, 3.63) is 54.3 Å². The van der Waals surface area contributed by atoms with E-state index in [0.29, 0.717) is 43.7 Å². The van der Waals surface area contributed by atoms with Gasteiger partial charge in [0.1, 0.15) is 24.0 Å². The topological polar surface area (TPSA) is 142 Å². The zero-order valence-corrected chi connectivity index (χ0v) is 40.7. The third-order valence-electron chi connectivity index (χ3n) is 15.3. The zero-order valence-electron chi connectivity index (χ0n) is 40.7. The first-order chi connectivity index (χ1) is 31.3. The average Bonchev–Trinajstić information content (AvgIpc) is 4.05. The van der Waals surface area contributed by atoms with Gasteiger partial charge in [-0.3, -0.25) is 9.59 Å². The Morgan fingerprint density at radius 2 is 1.60 bits per heavy atom. The number of ketones is 1. The van der Waals surface area contributed by atoms with Crippen LogP contribution in [0.25, 0.3) is 17.0 Å². The number of aromatic nitrogens is 3. The fraction of sp³-hybridized carbons (Fsp3) is 0.725. The highest BCUT2D eigenvalue weighted by Crippen LogP contribution is 2.57. The van der Waals surface area contributed by atoms with Crippen LogP contribution in [0.1, 0.15) is 92.4 Å². The molecule has 14 heteroatoms. The van der Waals surface area contributed by atoms with Crippen LogP contribution in [0.3, 0.4) is 0 Å². The second kappa shape index (κ2) is 22.2. The molecule has 0 N–H and O–H groups in total. The lowest BCUT2D eigenvalue weighted by atomic mass is 9.69. The number of hydrogen-bond donors (Lipinski definition) is 0. The second-order valence-electron chi connectivity index (χ2n) is 19.7. The molecule has 3 fully saturated rings. The Hall–Kier alpha value is -3.34. The van der Waals surface area contributed by atoms with Gasteiger partial charge >= 0.3 is 5.97 Å². The lowest BCUT2D eigenvalue weighted by Gasteiger charge is -2.40. The van der Waals surface area contributed by atoms with Gasteiger partial charge in [-0.05, 0) is 102 Å². The number of methoxy groups -OCH3 is 4. The van der Waals surface area contributed by atoms with Crippen LogP contribution in [-0.2, 0) is 47.5 Å². The SMILES string of the molecule is CC[C@H]1CCC[C@H](O[C@H]2CC[C@H](N(C)C)C(C)O2)[C@@H](C)C(=O)C2=C[C@@H]3[C@@H](C=C(n4cc(-c5ccccc5)nn4)[C@@H]4C[C@@H](OC(OC)C(OC)C(OC)C(OC)C(C)C)C[C@@H]34)[C@@H]2CC(=O)O1. The molecule has 5 aliphatic rings. The van der Waals surface area contributed by atoms with E-state index in [2.05, 4.69) is 63.9 Å². The summed E-state index contributed by atoms with van der Waals surface area (Å²) in [5.41, 5.74) is 3.41. The number of hydrogen-bond acceptors (Lipinski definition) is 13. The lowest BCUT2D eigenvalue weighted by Crippen LogP contribution is -2.51. The standard InChI is InChI=1S/C51H76N4O10/c1-12-33-19-16-20-44(65-46-22-21-42(54(6)7)31(5)62-46)30(4)47(57)40-25-36-35-23-34(64-51(61-11)50(60-10)49(59-9)48(58-8)29(2)3)24-39(35)43(26-37(36)38(40)27-45(56)63-33)55-28-41(52-53-55)32-17-14-13-15-18-32/h13-15,17-18,25-26,28-31,33-39,42,44,46,48-51H,12,16,19-24,27H2,1-11H3/t30-,31?,33+,34+,35+,36+,37-,38+,39-,42+,44+,46+,48?,49?,50?,51?/m1/s1. The summed E-state index contributed by atoms with van der Waals surface area (Å²) in [4.78, 5) is 31.4. The number of cyclic esters (lactones) is 1. The molecular weight excluding hydrogens is 829 g/mol. The van der Waals surface area contributed by atoms with E-state index in [-0.39, 0.29) is 78.3 Å². The molecule has 1 aromatic carbocycles. The molecule has 16 atom stereocenters. The van der Waals surface area contributed by atoms with Gasteiger partial charge in [0.2, 0.25) is 0 Å². The number of carbonyl (C=O) groups excluding carboxylic acids is 2. The van der Waals surface area contributed by atoms with Gasteiger partial charge in [0.25, 0.3) is 0 Å². The number of benzene rings is 1. The predicted molar refractivity (Wildman–Crippen MR) is 246 cm³/mol. The van der Waals surface area contributed by atoms with E-state index in [1.54, 1.807) is 28.4 Å². The smallest absolute Gasteiger partial charge is 0.306 e. The Labute approximate surface area is 387 Å². The van der Waals surface area contributed by atoms with Crippen LogP contribution in [0.5, 0.6) is 0 Å². The van der Waals surface area contributed by atoms with Crippen LogP contribution in [-0.4, -0.2) is 136 Å². The fourth-order valence-corrected chi connectivity index (χ4v) is 11.8. The van der Waals surface area contributed by atoms with Gasteiger partial charge in [-0.15, -0.1) is 5.10 Å². The fourth-order valence-electron chi connectivity index (χ4n) is 11.8. The van der Waals surface area contributed by atoms with E-state index in [9.17, 15) is 4.79 Å². The number of fused-ring (bicyclic) bond motifs is 5. The Bertz CT molecular complexity index is 1940. The highest BCUT2D eigenvalue weighted by molar-refractivity contribution is 5.99. The lowest BCUT2D eigenvalue weighted by molar-refractivity contribution is -0.247. The first-order valence-corrected chi connectivity index (χ1v) is 24.2. The normalized spacial score (nSPS) is 34.0. The van der Waals surface area contributed by atoms with Gasteiger partial charge in [-0.2, -0.15) is 0 Å². The molecule has 7 rings (SSSR count). The molecule has 360 valence electrons. The van der Waals surface area contributed by atoms with Crippen LogP contribution in [0.2, 0.25) is 0 Å². The average molecular weight is 905 g/mol. The molecule has 14 nitrogen and oxygen atoms in total. The predicted octanol–water partition coefficient (Wildman–Crippen LogP) is 7.61. The highest BCUT2D eigenvalue weighted by Gasteiger charge is 2.54. The number of rotatable bonds is 16. The molecule has 3 aliphatic carbocycles. The minimum atomic E-state index is -0.756. The van der Waals surface area contributed by atoms with Crippen molar-refractivity contribution in [1.82, 2.24) is 19.9 Å². The summed E-state index contributed by atoms with van der Waals surface area (Å²) in [6.45, 7) is 10.4. The van der Waals surface area contributed by atoms with Crippen molar-refractivity contribution in [3.63, 3.8) is 0 Å². The maximum Gasteiger partial charge on any atom is 0.306 e. The van der Waals surface area contributed by atoms with Gasteiger partial charge in [-0.25, -0.2) is 4.68 Å². The van der Waals surface area contributed by atoms with Crippen LogP contribution < -0.4 is 0 Å². The van der Waals surface area contributed by atoms with Gasteiger partial charge in [0, 0.05) is 63.5 Å². The first-order valence-electron chi connectivity index (χ1n) is 24.2. The molecule has 2 aromatic rings. The maximum absolute atomic E-state index is 15.2. The van der Waals surface area contributed by atoms with Crippen LogP contribution >= 0.6 is 0 Å². The minimum absolute atomic E-state index is 0.000101. The number of Topliss-reactive ketones (excluding diaryl/α,β-unsaturated/α-hetero) is 1. The number of esters is 1. The van der Waals surface area contributed by atoms with Gasteiger partial charge in [0.15, 0.2) is 18.4 Å². The van der Waals surface area contributed by atoms with Crippen molar-refractivity contribution in [3.8, 4) is 11.3 Å². The summed E-state index contributed by atoms with van der Waals surface area (Å²) in [5.74, 6) is -1.09. The minimum Gasteiger partial charge on any atom is -0.462 e. The molecule has 0 spiro atoms. The van der Waals surface area contributed by atoms with Crippen molar-refractivity contribution in [2.75, 3.05) is 42.5 Å².